The Morgan fingerprint density at radius 3 is 0.750 bits per heavy atom. The molecule has 0 saturated heterocycles. The van der Waals surface area contributed by atoms with Crippen LogP contribution in [0.15, 0.2) is 206 Å². The fourth-order valence-electron chi connectivity index (χ4n) is 11.3. The Hall–Kier alpha value is -8.20. The first-order valence-corrected chi connectivity index (χ1v) is 22.3. The van der Waals surface area contributed by atoms with Crippen molar-refractivity contribution >= 4 is 108 Å². The van der Waals surface area contributed by atoms with Gasteiger partial charge >= 0.3 is 0 Å². The molecule has 0 spiro atoms. The first-order valence-electron chi connectivity index (χ1n) is 22.3. The predicted octanol–water partition coefficient (Wildman–Crippen LogP) is 17.1. The lowest BCUT2D eigenvalue weighted by Gasteiger charge is -2.23. The Bertz CT molecular complexity index is 3860. The van der Waals surface area contributed by atoms with Crippen LogP contribution < -0.4 is 0 Å². The number of hydrogen-bond donors (Lipinski definition) is 0. The topological polar surface area (TPSA) is 9.86 Å². The van der Waals surface area contributed by atoms with Gasteiger partial charge in [0.05, 0.1) is 33.4 Å². The van der Waals surface area contributed by atoms with Gasteiger partial charge in [-0.3, -0.25) is 0 Å². The van der Waals surface area contributed by atoms with Crippen molar-refractivity contribution in [3.05, 3.63) is 217 Å². The van der Waals surface area contributed by atoms with Gasteiger partial charge in [0, 0.05) is 21.5 Å². The molecule has 64 heavy (non-hydrogen) atoms. The van der Waals surface area contributed by atoms with Crippen molar-refractivity contribution in [1.29, 1.82) is 0 Å². The van der Waals surface area contributed by atoms with E-state index in [2.05, 4.69) is 229 Å². The number of fused-ring (bicyclic) bond motifs is 12. The van der Waals surface area contributed by atoms with Gasteiger partial charge in [0.15, 0.2) is 0 Å². The summed E-state index contributed by atoms with van der Waals surface area (Å²) in [4.78, 5) is 0. The average Bonchev–Trinajstić information content (AvgIpc) is 3.80. The summed E-state index contributed by atoms with van der Waals surface area (Å²) in [5, 5.41) is 20.0. The smallest absolute Gasteiger partial charge is 0.0547 e. The maximum Gasteiger partial charge on any atom is 0.0547 e. The highest BCUT2D eigenvalue weighted by molar-refractivity contribution is 6.20. The molecule has 14 aromatic rings. The molecular weight excluding hydrogens is 773 g/mol. The van der Waals surface area contributed by atoms with Crippen LogP contribution in [-0.4, -0.2) is 9.13 Å². The van der Waals surface area contributed by atoms with E-state index in [9.17, 15) is 0 Å². The van der Waals surface area contributed by atoms with Crippen molar-refractivity contribution in [2.75, 3.05) is 0 Å². The monoisotopic (exact) mass is 812 g/mol. The molecule has 2 heteroatoms. The van der Waals surface area contributed by atoms with Gasteiger partial charge in [-0.2, -0.15) is 0 Å². The third-order valence-corrected chi connectivity index (χ3v) is 14.3. The van der Waals surface area contributed by atoms with Gasteiger partial charge in [-0.1, -0.05) is 146 Å². The summed E-state index contributed by atoms with van der Waals surface area (Å²) < 4.78 is 5.11. The van der Waals surface area contributed by atoms with E-state index in [1.165, 1.54) is 142 Å². The molecule has 0 unspecified atom stereocenters. The zero-order valence-electron chi connectivity index (χ0n) is 35.5. The summed E-state index contributed by atoms with van der Waals surface area (Å²) in [6.45, 7) is 4.72. The van der Waals surface area contributed by atoms with Crippen LogP contribution in [0.1, 0.15) is 11.1 Å². The van der Waals surface area contributed by atoms with Gasteiger partial charge < -0.3 is 9.13 Å². The SMILES string of the molecule is Cc1c(-n2c3cc4ccccc4cc3c3cc4ccccc4cc32)cc2ccccc2c1-c1c(C)c(-n2c3cc4ccccc4cc3c3cc4ccccc4cc32)cc2ccccc12. The lowest BCUT2D eigenvalue weighted by Crippen LogP contribution is -2.04. The van der Waals surface area contributed by atoms with Crippen LogP contribution >= 0.6 is 0 Å². The number of aromatic nitrogens is 2. The Balaban J connectivity index is 1.13. The van der Waals surface area contributed by atoms with Crippen molar-refractivity contribution in [2.45, 2.75) is 13.8 Å². The molecule has 0 aliphatic rings. The highest BCUT2D eigenvalue weighted by Crippen LogP contribution is 2.47. The van der Waals surface area contributed by atoms with Gasteiger partial charge in [0.1, 0.15) is 0 Å². The molecule has 0 atom stereocenters. The number of benzene rings is 12. The van der Waals surface area contributed by atoms with Crippen LogP contribution in [0.5, 0.6) is 0 Å². The van der Waals surface area contributed by atoms with Crippen LogP contribution in [0.2, 0.25) is 0 Å². The van der Waals surface area contributed by atoms with Gasteiger partial charge in [-0.05, 0) is 161 Å². The summed E-state index contributed by atoms with van der Waals surface area (Å²) in [7, 11) is 0. The summed E-state index contributed by atoms with van der Waals surface area (Å²) in [6.07, 6.45) is 0. The minimum Gasteiger partial charge on any atom is -0.309 e. The maximum absolute atomic E-state index is 2.55. The molecule has 0 amide bonds. The van der Waals surface area contributed by atoms with Crippen molar-refractivity contribution in [3.8, 4) is 22.5 Å². The molecule has 298 valence electrons. The van der Waals surface area contributed by atoms with Gasteiger partial charge in [-0.25, -0.2) is 0 Å². The van der Waals surface area contributed by atoms with Crippen molar-refractivity contribution < 1.29 is 0 Å². The predicted molar refractivity (Wildman–Crippen MR) is 275 cm³/mol. The number of nitrogens with zero attached hydrogens (tertiary/aromatic N) is 2. The van der Waals surface area contributed by atoms with Crippen molar-refractivity contribution in [3.63, 3.8) is 0 Å². The van der Waals surface area contributed by atoms with Crippen LogP contribution in [-0.2, 0) is 0 Å². The van der Waals surface area contributed by atoms with Gasteiger partial charge in [0.2, 0.25) is 0 Å². The minimum absolute atomic E-state index is 1.20. The maximum atomic E-state index is 2.55. The lowest BCUT2D eigenvalue weighted by molar-refractivity contribution is 1.15. The molecule has 0 radical (unpaired) electrons. The van der Waals surface area contributed by atoms with Crippen molar-refractivity contribution in [1.82, 2.24) is 9.13 Å². The highest BCUT2D eigenvalue weighted by atomic mass is 15.0. The van der Waals surface area contributed by atoms with E-state index in [1.54, 1.807) is 0 Å². The second kappa shape index (κ2) is 13.2. The molecule has 2 nitrogen and oxygen atoms in total. The Morgan fingerprint density at radius 1 is 0.234 bits per heavy atom. The highest BCUT2D eigenvalue weighted by Gasteiger charge is 2.24. The van der Waals surface area contributed by atoms with E-state index in [0.717, 1.165) is 0 Å². The molecule has 12 aromatic carbocycles. The van der Waals surface area contributed by atoms with E-state index in [0.29, 0.717) is 0 Å². The molecule has 2 heterocycles. The Morgan fingerprint density at radius 2 is 0.469 bits per heavy atom. The summed E-state index contributed by atoms with van der Waals surface area (Å²) >= 11 is 0. The summed E-state index contributed by atoms with van der Waals surface area (Å²) in [6, 6.07) is 77.2. The average molecular weight is 813 g/mol. The number of hydrogen-bond acceptors (Lipinski definition) is 0. The fraction of sp³-hybridized carbons (Fsp3) is 0.0323. The molecular formula is C62H40N2. The van der Waals surface area contributed by atoms with Gasteiger partial charge in [0.25, 0.3) is 0 Å². The zero-order chi connectivity index (χ0) is 42.2. The number of rotatable bonds is 3. The molecule has 0 aliphatic carbocycles. The summed E-state index contributed by atoms with van der Waals surface area (Å²) in [5.74, 6) is 0. The standard InChI is InChI=1S/C62H40N2/c1-37-55(63-57-31-43-19-7-3-15-39(43)27-51(57)52-28-40-16-4-8-20-44(40)32-58(52)63)35-47-23-11-13-25-49(47)61(37)62-38(2)56(36-48-24-12-14-26-50(48)62)64-59-33-45-21-9-5-17-41(45)29-53(59)54-30-42-18-6-10-22-46(42)34-60(54)64/h3-36H,1-2H3. The zero-order valence-corrected chi connectivity index (χ0v) is 35.5. The fourth-order valence-corrected chi connectivity index (χ4v) is 11.3. The van der Waals surface area contributed by atoms with Crippen LogP contribution in [0.4, 0.5) is 0 Å². The summed E-state index contributed by atoms with van der Waals surface area (Å²) in [5.41, 5.74) is 12.3. The largest absolute Gasteiger partial charge is 0.309 e. The van der Waals surface area contributed by atoms with E-state index in [4.69, 9.17) is 0 Å². The van der Waals surface area contributed by atoms with Gasteiger partial charge in [-0.15, -0.1) is 0 Å². The molecule has 0 bridgehead atoms. The molecule has 0 aliphatic heterocycles. The first kappa shape index (κ1) is 35.4. The molecule has 0 saturated carbocycles. The Kier molecular flexibility index (Phi) is 7.28. The third kappa shape index (κ3) is 4.97. The van der Waals surface area contributed by atoms with E-state index in [-0.39, 0.29) is 0 Å². The van der Waals surface area contributed by atoms with Crippen LogP contribution in [0, 0.1) is 13.8 Å². The van der Waals surface area contributed by atoms with E-state index in [1.807, 2.05) is 0 Å². The lowest BCUT2D eigenvalue weighted by atomic mass is 9.86. The van der Waals surface area contributed by atoms with E-state index < -0.39 is 0 Å². The molecule has 0 N–H and O–H groups in total. The normalized spacial score (nSPS) is 12.2. The van der Waals surface area contributed by atoms with Crippen LogP contribution in [0.25, 0.3) is 131 Å². The molecule has 14 rings (SSSR count). The molecule has 2 aromatic heterocycles. The van der Waals surface area contributed by atoms with E-state index >= 15 is 0 Å². The minimum atomic E-state index is 1.20. The first-order chi connectivity index (χ1) is 31.6. The Labute approximate surface area is 369 Å². The molecule has 0 fully saturated rings. The quantitative estimate of drug-likeness (QED) is 0.168. The van der Waals surface area contributed by atoms with Crippen LogP contribution in [0.3, 0.4) is 0 Å². The second-order valence-corrected chi connectivity index (χ2v) is 17.8. The second-order valence-electron chi connectivity index (χ2n) is 17.8. The van der Waals surface area contributed by atoms with Crippen molar-refractivity contribution in [2.24, 2.45) is 0 Å². The third-order valence-electron chi connectivity index (χ3n) is 14.3.